The first-order valence-electron chi connectivity index (χ1n) is 7.24. The van der Waals surface area contributed by atoms with Crippen molar-refractivity contribution in [2.45, 2.75) is 51.1 Å². The van der Waals surface area contributed by atoms with Crippen LogP contribution < -0.4 is 5.32 Å². The Morgan fingerprint density at radius 3 is 2.58 bits per heavy atom. The Kier molecular flexibility index (Phi) is 4.42. The van der Waals surface area contributed by atoms with Crippen molar-refractivity contribution in [3.63, 3.8) is 0 Å². The second-order valence-electron chi connectivity index (χ2n) is 5.40. The lowest BCUT2D eigenvalue weighted by Gasteiger charge is -2.15. The van der Waals surface area contributed by atoms with Gasteiger partial charge < -0.3 is 5.32 Å². The summed E-state index contributed by atoms with van der Waals surface area (Å²) in [5.41, 5.74) is 0. The van der Waals surface area contributed by atoms with Gasteiger partial charge in [0.1, 0.15) is 0 Å². The number of fused-ring (bicyclic) bond motifs is 1. The van der Waals surface area contributed by atoms with Crippen molar-refractivity contribution in [1.82, 2.24) is 5.32 Å². The molecule has 0 aliphatic heterocycles. The molecule has 1 saturated carbocycles. The van der Waals surface area contributed by atoms with E-state index in [0.717, 1.165) is 11.6 Å². The van der Waals surface area contributed by atoms with Gasteiger partial charge in [0, 0.05) is 27.5 Å². The van der Waals surface area contributed by atoms with Crippen LogP contribution in [0.25, 0.3) is 10.1 Å². The van der Waals surface area contributed by atoms with E-state index in [1.54, 1.807) is 0 Å². The normalized spacial score (nSPS) is 17.7. The summed E-state index contributed by atoms with van der Waals surface area (Å²) >= 11 is 8.30. The third kappa shape index (κ3) is 3.13. The molecule has 0 radical (unpaired) electrons. The van der Waals surface area contributed by atoms with Gasteiger partial charge in [-0.1, -0.05) is 55.5 Å². The Labute approximate surface area is 124 Å². The lowest BCUT2D eigenvalue weighted by atomic mass is 10.1. The van der Waals surface area contributed by atoms with E-state index >= 15 is 0 Å². The van der Waals surface area contributed by atoms with Crippen molar-refractivity contribution in [2.24, 2.45) is 0 Å². The zero-order valence-electron chi connectivity index (χ0n) is 11.1. The molecule has 1 nitrogen and oxygen atoms in total. The van der Waals surface area contributed by atoms with Crippen molar-refractivity contribution >= 4 is 33.0 Å². The van der Waals surface area contributed by atoms with E-state index in [2.05, 4.69) is 29.6 Å². The second-order valence-corrected chi connectivity index (χ2v) is 6.92. The van der Waals surface area contributed by atoms with Crippen LogP contribution in [0.5, 0.6) is 0 Å². The monoisotopic (exact) mass is 293 g/mol. The van der Waals surface area contributed by atoms with E-state index in [-0.39, 0.29) is 0 Å². The van der Waals surface area contributed by atoms with E-state index < -0.39 is 0 Å². The first-order chi connectivity index (χ1) is 9.34. The number of benzene rings is 1. The maximum absolute atomic E-state index is 6.48. The first kappa shape index (κ1) is 13.4. The highest BCUT2D eigenvalue weighted by Crippen LogP contribution is 2.35. The van der Waals surface area contributed by atoms with Gasteiger partial charge in [-0.2, -0.15) is 0 Å². The highest BCUT2D eigenvalue weighted by atomic mass is 35.5. The smallest absolute Gasteiger partial charge is 0.0636 e. The van der Waals surface area contributed by atoms with Gasteiger partial charge in [0.05, 0.1) is 5.02 Å². The van der Waals surface area contributed by atoms with Crippen molar-refractivity contribution in [3.8, 4) is 0 Å². The Morgan fingerprint density at radius 1 is 1.11 bits per heavy atom. The molecule has 0 amide bonds. The molecule has 1 N–H and O–H groups in total. The van der Waals surface area contributed by atoms with Gasteiger partial charge in [0.15, 0.2) is 0 Å². The minimum Gasteiger partial charge on any atom is -0.309 e. The number of thiophene rings is 1. The molecular formula is C16H20ClNS. The quantitative estimate of drug-likeness (QED) is 0.751. The van der Waals surface area contributed by atoms with E-state index in [1.165, 1.54) is 53.5 Å². The van der Waals surface area contributed by atoms with Crippen LogP contribution in [0.4, 0.5) is 0 Å². The van der Waals surface area contributed by atoms with Crippen molar-refractivity contribution in [2.75, 3.05) is 0 Å². The molecule has 19 heavy (non-hydrogen) atoms. The molecule has 1 aliphatic rings. The zero-order valence-corrected chi connectivity index (χ0v) is 12.7. The van der Waals surface area contributed by atoms with E-state index in [4.69, 9.17) is 11.6 Å². The summed E-state index contributed by atoms with van der Waals surface area (Å²) in [7, 11) is 0. The molecule has 0 saturated heterocycles. The summed E-state index contributed by atoms with van der Waals surface area (Å²) in [4.78, 5) is 1.28. The molecule has 1 heterocycles. The molecule has 1 aliphatic carbocycles. The minimum absolute atomic E-state index is 0.684. The SMILES string of the molecule is Clc1c(CNC2CCCCCC2)sc2ccccc12. The van der Waals surface area contributed by atoms with Gasteiger partial charge in [-0.05, 0) is 18.9 Å². The van der Waals surface area contributed by atoms with E-state index in [0.29, 0.717) is 6.04 Å². The molecule has 0 atom stereocenters. The molecule has 3 rings (SSSR count). The number of rotatable bonds is 3. The predicted molar refractivity (Wildman–Crippen MR) is 85.2 cm³/mol. The van der Waals surface area contributed by atoms with Gasteiger partial charge in [0.2, 0.25) is 0 Å². The molecule has 2 aromatic rings. The van der Waals surface area contributed by atoms with Crippen LogP contribution in [-0.2, 0) is 6.54 Å². The standard InChI is InChI=1S/C16H20ClNS/c17-16-13-9-5-6-10-14(13)19-15(16)11-18-12-7-3-1-2-4-8-12/h5-6,9-10,12,18H,1-4,7-8,11H2. The summed E-state index contributed by atoms with van der Waals surface area (Å²) in [6.07, 6.45) is 8.20. The third-order valence-corrected chi connectivity index (χ3v) is 5.72. The molecule has 0 spiro atoms. The fraction of sp³-hybridized carbons (Fsp3) is 0.500. The van der Waals surface area contributed by atoms with Crippen LogP contribution in [0.2, 0.25) is 5.02 Å². The van der Waals surface area contributed by atoms with Gasteiger partial charge in [-0.3, -0.25) is 0 Å². The number of hydrogen-bond donors (Lipinski definition) is 1. The number of nitrogens with one attached hydrogen (secondary N) is 1. The number of halogens is 1. The predicted octanol–water partition coefficient (Wildman–Crippen LogP) is 5.37. The molecule has 1 aromatic carbocycles. The fourth-order valence-electron chi connectivity index (χ4n) is 2.90. The topological polar surface area (TPSA) is 12.0 Å². The Bertz CT molecular complexity index is 541. The van der Waals surface area contributed by atoms with Gasteiger partial charge in [-0.25, -0.2) is 0 Å². The zero-order chi connectivity index (χ0) is 13.1. The van der Waals surface area contributed by atoms with Crippen LogP contribution in [0.15, 0.2) is 24.3 Å². The molecule has 1 fully saturated rings. The Balaban J connectivity index is 1.69. The highest BCUT2D eigenvalue weighted by Gasteiger charge is 2.14. The summed E-state index contributed by atoms with van der Waals surface area (Å²) < 4.78 is 1.30. The average Bonchev–Trinajstić information content (AvgIpc) is 2.63. The first-order valence-corrected chi connectivity index (χ1v) is 8.43. The van der Waals surface area contributed by atoms with E-state index in [9.17, 15) is 0 Å². The molecule has 0 bridgehead atoms. The third-order valence-electron chi connectivity index (χ3n) is 4.01. The maximum Gasteiger partial charge on any atom is 0.0636 e. The van der Waals surface area contributed by atoms with Crippen molar-refractivity contribution in [1.29, 1.82) is 0 Å². The molecule has 102 valence electrons. The summed E-state index contributed by atoms with van der Waals surface area (Å²) in [6.45, 7) is 0.919. The van der Waals surface area contributed by atoms with Gasteiger partial charge in [-0.15, -0.1) is 11.3 Å². The fourth-order valence-corrected chi connectivity index (χ4v) is 4.35. The highest BCUT2D eigenvalue weighted by molar-refractivity contribution is 7.19. The van der Waals surface area contributed by atoms with Crippen LogP contribution in [0.1, 0.15) is 43.4 Å². The van der Waals surface area contributed by atoms with Crippen LogP contribution in [0, 0.1) is 0 Å². The van der Waals surface area contributed by atoms with Crippen LogP contribution >= 0.6 is 22.9 Å². The summed E-state index contributed by atoms with van der Waals surface area (Å²) in [6, 6.07) is 9.09. The Hall–Kier alpha value is -0.570. The van der Waals surface area contributed by atoms with Crippen LogP contribution in [-0.4, -0.2) is 6.04 Å². The van der Waals surface area contributed by atoms with Gasteiger partial charge >= 0.3 is 0 Å². The van der Waals surface area contributed by atoms with Crippen molar-refractivity contribution < 1.29 is 0 Å². The molecule has 3 heteroatoms. The molecule has 0 unspecified atom stereocenters. The maximum atomic E-state index is 6.48. The average molecular weight is 294 g/mol. The van der Waals surface area contributed by atoms with Crippen LogP contribution in [0.3, 0.4) is 0 Å². The molecule has 1 aromatic heterocycles. The molecular weight excluding hydrogens is 274 g/mol. The summed E-state index contributed by atoms with van der Waals surface area (Å²) in [5.74, 6) is 0. The second kappa shape index (κ2) is 6.25. The van der Waals surface area contributed by atoms with Crippen molar-refractivity contribution in [3.05, 3.63) is 34.2 Å². The summed E-state index contributed by atoms with van der Waals surface area (Å²) in [5, 5.41) is 5.85. The lowest BCUT2D eigenvalue weighted by molar-refractivity contribution is 0.461. The number of hydrogen-bond acceptors (Lipinski definition) is 2. The lowest BCUT2D eigenvalue weighted by Crippen LogP contribution is -2.27. The minimum atomic E-state index is 0.684. The van der Waals surface area contributed by atoms with Gasteiger partial charge in [0.25, 0.3) is 0 Å². The largest absolute Gasteiger partial charge is 0.309 e. The Morgan fingerprint density at radius 2 is 1.84 bits per heavy atom. The van der Waals surface area contributed by atoms with E-state index in [1.807, 2.05) is 11.3 Å².